The van der Waals surface area contributed by atoms with Gasteiger partial charge in [0, 0.05) is 11.4 Å². The Morgan fingerprint density at radius 2 is 1.30 bits per heavy atom. The Labute approximate surface area is 165 Å². The van der Waals surface area contributed by atoms with Gasteiger partial charge in [-0.15, -0.1) is 0 Å². The van der Waals surface area contributed by atoms with Gasteiger partial charge in [-0.2, -0.15) is 0 Å². The summed E-state index contributed by atoms with van der Waals surface area (Å²) in [6, 6.07) is 16.7. The van der Waals surface area contributed by atoms with Crippen molar-refractivity contribution < 1.29 is 5.11 Å². The average molecular weight is 366 g/mol. The lowest BCUT2D eigenvalue weighted by Gasteiger charge is -2.17. The van der Waals surface area contributed by atoms with E-state index in [1.165, 1.54) is 49.7 Å². The van der Waals surface area contributed by atoms with Gasteiger partial charge < -0.3 is 10.4 Å². The maximum atomic E-state index is 10.6. The molecule has 0 aliphatic heterocycles. The highest BCUT2D eigenvalue weighted by Crippen LogP contribution is 2.23. The Kier molecular flexibility index (Phi) is 9.13. The van der Waals surface area contributed by atoms with Gasteiger partial charge in [-0.1, -0.05) is 82.5 Å². The molecule has 0 bridgehead atoms. The van der Waals surface area contributed by atoms with Crippen molar-refractivity contribution in [1.29, 1.82) is 0 Å². The topological polar surface area (TPSA) is 32.3 Å². The molecule has 0 saturated heterocycles. The van der Waals surface area contributed by atoms with Crippen LogP contribution in [0.25, 0.3) is 0 Å². The molecule has 27 heavy (non-hydrogen) atoms. The summed E-state index contributed by atoms with van der Waals surface area (Å²) in [5.41, 5.74) is 5.14. The number of benzene rings is 2. The molecule has 2 nitrogen and oxygen atoms in total. The van der Waals surface area contributed by atoms with E-state index in [1.807, 2.05) is 12.1 Å². The monoisotopic (exact) mass is 365 g/mol. The van der Waals surface area contributed by atoms with Crippen molar-refractivity contribution in [2.75, 3.05) is 5.32 Å². The van der Waals surface area contributed by atoms with Crippen LogP contribution in [0.5, 0.6) is 0 Å². The highest BCUT2D eigenvalue weighted by Gasteiger charge is 2.12. The first-order chi connectivity index (χ1) is 13.1. The second kappa shape index (κ2) is 11.6. The number of rotatable bonds is 12. The maximum Gasteiger partial charge on any atom is 0.118 e. The zero-order valence-electron chi connectivity index (χ0n) is 17.0. The van der Waals surface area contributed by atoms with Gasteiger partial charge >= 0.3 is 0 Å². The lowest BCUT2D eigenvalue weighted by molar-refractivity contribution is 0.217. The van der Waals surface area contributed by atoms with Crippen molar-refractivity contribution in [1.82, 2.24) is 0 Å². The molecule has 0 spiro atoms. The van der Waals surface area contributed by atoms with Crippen LogP contribution in [-0.2, 0) is 12.8 Å². The third kappa shape index (κ3) is 7.22. The van der Waals surface area contributed by atoms with E-state index in [0.29, 0.717) is 5.70 Å². The zero-order valence-corrected chi connectivity index (χ0v) is 17.0. The van der Waals surface area contributed by atoms with Gasteiger partial charge in [0.15, 0.2) is 0 Å². The Balaban J connectivity index is 1.87. The van der Waals surface area contributed by atoms with Crippen LogP contribution in [0.3, 0.4) is 0 Å². The van der Waals surface area contributed by atoms with Gasteiger partial charge in [-0.3, -0.25) is 0 Å². The highest BCUT2D eigenvalue weighted by atomic mass is 16.3. The first kappa shape index (κ1) is 21.2. The van der Waals surface area contributed by atoms with Gasteiger partial charge in [0.1, 0.15) is 6.10 Å². The first-order valence-corrected chi connectivity index (χ1v) is 10.5. The minimum Gasteiger partial charge on any atom is -0.382 e. The standard InChI is InChI=1S/C25H35NO/c1-4-6-8-10-21-12-16-23(17-13-21)25(27)20(3)26-24-18-14-22(15-19-24)11-9-7-5-2/h12-19,25-27H,3-11H2,1-2H3. The molecule has 0 amide bonds. The lowest BCUT2D eigenvalue weighted by atomic mass is 10.0. The fourth-order valence-corrected chi connectivity index (χ4v) is 3.23. The van der Waals surface area contributed by atoms with Crippen LogP contribution in [-0.4, -0.2) is 5.11 Å². The van der Waals surface area contributed by atoms with Gasteiger partial charge in [-0.05, 0) is 54.5 Å². The van der Waals surface area contributed by atoms with Crippen molar-refractivity contribution in [2.24, 2.45) is 0 Å². The van der Waals surface area contributed by atoms with Crippen LogP contribution in [0.4, 0.5) is 5.69 Å². The van der Waals surface area contributed by atoms with Gasteiger partial charge in [0.05, 0.1) is 0 Å². The highest BCUT2D eigenvalue weighted by molar-refractivity contribution is 5.50. The van der Waals surface area contributed by atoms with Crippen LogP contribution < -0.4 is 5.32 Å². The van der Waals surface area contributed by atoms with Crippen molar-refractivity contribution in [3.05, 3.63) is 77.5 Å². The van der Waals surface area contributed by atoms with E-state index in [-0.39, 0.29) is 0 Å². The summed E-state index contributed by atoms with van der Waals surface area (Å²) >= 11 is 0. The second-order valence-electron chi connectivity index (χ2n) is 7.41. The molecule has 1 atom stereocenters. The zero-order chi connectivity index (χ0) is 19.5. The van der Waals surface area contributed by atoms with E-state index in [2.05, 4.69) is 62.1 Å². The normalized spacial score (nSPS) is 12.0. The predicted octanol–water partition coefficient (Wildman–Crippen LogP) is 6.81. The fourth-order valence-electron chi connectivity index (χ4n) is 3.23. The summed E-state index contributed by atoms with van der Waals surface area (Å²) in [4.78, 5) is 0. The van der Waals surface area contributed by atoms with E-state index >= 15 is 0 Å². The predicted molar refractivity (Wildman–Crippen MR) is 117 cm³/mol. The van der Waals surface area contributed by atoms with E-state index in [0.717, 1.165) is 24.1 Å². The molecule has 0 heterocycles. The molecule has 0 aliphatic carbocycles. The SMILES string of the molecule is C=C(Nc1ccc(CCCCC)cc1)C(O)c1ccc(CCCCC)cc1. The summed E-state index contributed by atoms with van der Waals surface area (Å²) in [6.45, 7) is 8.48. The van der Waals surface area contributed by atoms with Crippen LogP contribution >= 0.6 is 0 Å². The Bertz CT molecular complexity index is 672. The van der Waals surface area contributed by atoms with Gasteiger partial charge in [0.25, 0.3) is 0 Å². The lowest BCUT2D eigenvalue weighted by Crippen LogP contribution is -2.09. The Morgan fingerprint density at radius 1 is 0.815 bits per heavy atom. The van der Waals surface area contributed by atoms with E-state index in [1.54, 1.807) is 0 Å². The smallest absolute Gasteiger partial charge is 0.118 e. The molecule has 2 aromatic rings. The van der Waals surface area contributed by atoms with Crippen LogP contribution in [0.1, 0.15) is 75.2 Å². The van der Waals surface area contributed by atoms with Crippen molar-refractivity contribution in [3.63, 3.8) is 0 Å². The Morgan fingerprint density at radius 3 is 1.78 bits per heavy atom. The summed E-state index contributed by atoms with van der Waals surface area (Å²) in [5, 5.41) is 13.8. The Hall–Kier alpha value is -2.06. The van der Waals surface area contributed by atoms with Gasteiger partial charge in [0.2, 0.25) is 0 Å². The maximum absolute atomic E-state index is 10.6. The molecule has 0 aliphatic rings. The number of hydrogen-bond acceptors (Lipinski definition) is 2. The number of hydrogen-bond donors (Lipinski definition) is 2. The molecule has 0 radical (unpaired) electrons. The second-order valence-corrected chi connectivity index (χ2v) is 7.41. The molecule has 2 heteroatoms. The summed E-state index contributed by atoms with van der Waals surface area (Å²) < 4.78 is 0. The van der Waals surface area contributed by atoms with Crippen LogP contribution in [0.2, 0.25) is 0 Å². The number of aliphatic hydroxyl groups excluding tert-OH is 1. The molecule has 1 unspecified atom stereocenters. The number of aryl methyl sites for hydroxylation is 2. The minimum atomic E-state index is -0.709. The number of anilines is 1. The average Bonchev–Trinajstić information content (AvgIpc) is 2.69. The third-order valence-electron chi connectivity index (χ3n) is 5.02. The van der Waals surface area contributed by atoms with E-state index < -0.39 is 6.10 Å². The molecule has 0 aromatic heterocycles. The molecule has 0 saturated carbocycles. The summed E-state index contributed by atoms with van der Waals surface area (Å²) in [6.07, 6.45) is 9.02. The molecule has 2 N–H and O–H groups in total. The fraction of sp³-hybridized carbons (Fsp3) is 0.440. The minimum absolute atomic E-state index is 0.604. The molecule has 2 rings (SSSR count). The van der Waals surface area contributed by atoms with E-state index in [4.69, 9.17) is 0 Å². The molecule has 2 aromatic carbocycles. The number of aliphatic hydroxyl groups is 1. The van der Waals surface area contributed by atoms with Crippen LogP contribution in [0.15, 0.2) is 60.8 Å². The molecule has 146 valence electrons. The van der Waals surface area contributed by atoms with Gasteiger partial charge in [-0.25, -0.2) is 0 Å². The largest absolute Gasteiger partial charge is 0.382 e. The van der Waals surface area contributed by atoms with Crippen molar-refractivity contribution in [3.8, 4) is 0 Å². The number of unbranched alkanes of at least 4 members (excludes halogenated alkanes) is 4. The molecular formula is C25H35NO. The molecule has 0 fully saturated rings. The van der Waals surface area contributed by atoms with Crippen molar-refractivity contribution in [2.45, 2.75) is 71.3 Å². The third-order valence-corrected chi connectivity index (χ3v) is 5.02. The summed E-state index contributed by atoms with van der Waals surface area (Å²) in [7, 11) is 0. The van der Waals surface area contributed by atoms with Crippen LogP contribution in [0, 0.1) is 0 Å². The number of nitrogens with one attached hydrogen (secondary N) is 1. The quantitative estimate of drug-likeness (QED) is 0.405. The first-order valence-electron chi connectivity index (χ1n) is 10.5. The van der Waals surface area contributed by atoms with Crippen molar-refractivity contribution >= 4 is 5.69 Å². The van der Waals surface area contributed by atoms with E-state index in [9.17, 15) is 5.11 Å². The summed E-state index contributed by atoms with van der Waals surface area (Å²) in [5.74, 6) is 0. The molecular weight excluding hydrogens is 330 g/mol.